The number of ether oxygens (including phenoxy) is 1. The molecule has 3 nitrogen and oxygen atoms in total. The normalized spacial score (nSPS) is 14.2. The molecule has 1 heterocycles. The van der Waals surface area contributed by atoms with Gasteiger partial charge in [-0.3, -0.25) is 0 Å². The lowest BCUT2D eigenvalue weighted by molar-refractivity contribution is 0.293. The SMILES string of the molecule is Cc1nc(OCc2cccc(Cl)c2)ccc1CNC1CC1. The van der Waals surface area contributed by atoms with Crippen LogP contribution in [0.4, 0.5) is 0 Å². The van der Waals surface area contributed by atoms with Crippen molar-refractivity contribution < 1.29 is 4.74 Å². The maximum atomic E-state index is 5.96. The van der Waals surface area contributed by atoms with Gasteiger partial charge in [0, 0.05) is 29.4 Å². The molecule has 0 spiro atoms. The topological polar surface area (TPSA) is 34.1 Å². The zero-order chi connectivity index (χ0) is 14.7. The van der Waals surface area contributed by atoms with E-state index in [9.17, 15) is 0 Å². The number of nitrogens with zero attached hydrogens (tertiary/aromatic N) is 1. The highest BCUT2D eigenvalue weighted by Crippen LogP contribution is 2.20. The molecule has 3 rings (SSSR count). The van der Waals surface area contributed by atoms with Crippen molar-refractivity contribution in [3.05, 3.63) is 58.2 Å². The summed E-state index contributed by atoms with van der Waals surface area (Å²) in [6, 6.07) is 12.4. The van der Waals surface area contributed by atoms with Crippen LogP contribution in [0.25, 0.3) is 0 Å². The third kappa shape index (κ3) is 4.19. The molecule has 0 radical (unpaired) electrons. The van der Waals surface area contributed by atoms with Crippen molar-refractivity contribution in [1.82, 2.24) is 10.3 Å². The highest BCUT2D eigenvalue weighted by Gasteiger charge is 2.20. The van der Waals surface area contributed by atoms with E-state index in [4.69, 9.17) is 16.3 Å². The van der Waals surface area contributed by atoms with Gasteiger partial charge < -0.3 is 10.1 Å². The number of hydrogen-bond donors (Lipinski definition) is 1. The molecule has 21 heavy (non-hydrogen) atoms. The first-order valence-electron chi connectivity index (χ1n) is 7.28. The molecular weight excluding hydrogens is 284 g/mol. The first-order valence-corrected chi connectivity index (χ1v) is 7.65. The highest BCUT2D eigenvalue weighted by atomic mass is 35.5. The zero-order valence-electron chi connectivity index (χ0n) is 12.1. The number of benzene rings is 1. The molecule has 1 aliphatic rings. The van der Waals surface area contributed by atoms with Gasteiger partial charge in [0.25, 0.3) is 0 Å². The molecule has 1 aromatic heterocycles. The van der Waals surface area contributed by atoms with Crippen LogP contribution in [-0.4, -0.2) is 11.0 Å². The Balaban J connectivity index is 1.59. The standard InChI is InChI=1S/C17H19ClN2O/c1-12-14(10-19-16-6-7-16)5-8-17(20-12)21-11-13-3-2-4-15(18)9-13/h2-5,8-9,16,19H,6-7,10-11H2,1H3. The van der Waals surface area contributed by atoms with Gasteiger partial charge in [-0.25, -0.2) is 4.98 Å². The number of halogens is 1. The van der Waals surface area contributed by atoms with E-state index in [1.165, 1.54) is 18.4 Å². The van der Waals surface area contributed by atoms with Gasteiger partial charge in [-0.2, -0.15) is 0 Å². The van der Waals surface area contributed by atoms with Crippen LogP contribution in [0.3, 0.4) is 0 Å². The van der Waals surface area contributed by atoms with Crippen molar-refractivity contribution in [3.63, 3.8) is 0 Å². The Morgan fingerprint density at radius 1 is 1.29 bits per heavy atom. The van der Waals surface area contributed by atoms with Crippen LogP contribution in [0.5, 0.6) is 5.88 Å². The maximum Gasteiger partial charge on any atom is 0.213 e. The van der Waals surface area contributed by atoms with Crippen LogP contribution in [-0.2, 0) is 13.2 Å². The zero-order valence-corrected chi connectivity index (χ0v) is 12.9. The van der Waals surface area contributed by atoms with Gasteiger partial charge in [0.1, 0.15) is 6.61 Å². The molecule has 0 amide bonds. The van der Waals surface area contributed by atoms with Gasteiger partial charge in [-0.1, -0.05) is 29.8 Å². The number of nitrogens with one attached hydrogen (secondary N) is 1. The summed E-state index contributed by atoms with van der Waals surface area (Å²) in [5.41, 5.74) is 3.30. The molecule has 0 unspecified atom stereocenters. The van der Waals surface area contributed by atoms with Gasteiger partial charge >= 0.3 is 0 Å². The van der Waals surface area contributed by atoms with Crippen molar-refractivity contribution >= 4 is 11.6 Å². The second-order valence-electron chi connectivity index (χ2n) is 5.47. The van der Waals surface area contributed by atoms with Crippen molar-refractivity contribution in [1.29, 1.82) is 0 Å². The predicted molar refractivity (Wildman–Crippen MR) is 84.6 cm³/mol. The van der Waals surface area contributed by atoms with E-state index in [1.54, 1.807) is 0 Å². The van der Waals surface area contributed by atoms with Crippen LogP contribution in [0, 0.1) is 6.92 Å². The summed E-state index contributed by atoms with van der Waals surface area (Å²) < 4.78 is 5.73. The minimum atomic E-state index is 0.479. The van der Waals surface area contributed by atoms with E-state index < -0.39 is 0 Å². The van der Waals surface area contributed by atoms with E-state index in [-0.39, 0.29) is 0 Å². The molecule has 4 heteroatoms. The number of aromatic nitrogens is 1. The quantitative estimate of drug-likeness (QED) is 0.879. The third-order valence-electron chi connectivity index (χ3n) is 3.60. The van der Waals surface area contributed by atoms with E-state index >= 15 is 0 Å². The summed E-state index contributed by atoms with van der Waals surface area (Å²) in [6.07, 6.45) is 2.60. The van der Waals surface area contributed by atoms with Crippen LogP contribution in [0.1, 0.15) is 29.7 Å². The van der Waals surface area contributed by atoms with Crippen molar-refractivity contribution in [2.75, 3.05) is 0 Å². The van der Waals surface area contributed by atoms with Crippen LogP contribution in [0.15, 0.2) is 36.4 Å². The first kappa shape index (κ1) is 14.4. The Morgan fingerprint density at radius 3 is 2.86 bits per heavy atom. The fraction of sp³-hybridized carbons (Fsp3) is 0.353. The molecule has 2 aromatic rings. The van der Waals surface area contributed by atoms with Gasteiger partial charge in [-0.15, -0.1) is 0 Å². The fourth-order valence-corrected chi connectivity index (χ4v) is 2.37. The molecule has 110 valence electrons. The number of aryl methyl sites for hydroxylation is 1. The Hall–Kier alpha value is -1.58. The van der Waals surface area contributed by atoms with Crippen molar-refractivity contribution in [2.45, 2.75) is 39.0 Å². The lowest BCUT2D eigenvalue weighted by Gasteiger charge is -2.10. The molecule has 1 N–H and O–H groups in total. The summed E-state index contributed by atoms with van der Waals surface area (Å²) in [6.45, 7) is 3.39. The minimum Gasteiger partial charge on any atom is -0.473 e. The Labute approximate surface area is 130 Å². The van der Waals surface area contributed by atoms with E-state index in [0.29, 0.717) is 18.5 Å². The molecule has 0 bridgehead atoms. The summed E-state index contributed by atoms with van der Waals surface area (Å²) >= 11 is 5.96. The Bertz CT molecular complexity index is 626. The lowest BCUT2D eigenvalue weighted by atomic mass is 10.2. The van der Waals surface area contributed by atoms with Crippen LogP contribution in [0.2, 0.25) is 5.02 Å². The summed E-state index contributed by atoms with van der Waals surface area (Å²) in [7, 11) is 0. The fourth-order valence-electron chi connectivity index (χ4n) is 2.16. The monoisotopic (exact) mass is 302 g/mol. The molecule has 1 aliphatic carbocycles. The van der Waals surface area contributed by atoms with E-state index in [0.717, 1.165) is 22.8 Å². The molecule has 0 saturated heterocycles. The molecule has 1 saturated carbocycles. The lowest BCUT2D eigenvalue weighted by Crippen LogP contribution is -2.16. The molecule has 0 aliphatic heterocycles. The molecule has 0 atom stereocenters. The largest absolute Gasteiger partial charge is 0.473 e. The molecular formula is C17H19ClN2O. The van der Waals surface area contributed by atoms with Gasteiger partial charge in [0.2, 0.25) is 5.88 Å². The summed E-state index contributed by atoms with van der Waals surface area (Å²) in [5, 5.41) is 4.23. The van der Waals surface area contributed by atoms with Gasteiger partial charge in [0.15, 0.2) is 0 Å². The van der Waals surface area contributed by atoms with E-state index in [1.807, 2.05) is 37.3 Å². The number of pyridine rings is 1. The minimum absolute atomic E-state index is 0.479. The number of hydrogen-bond acceptors (Lipinski definition) is 3. The van der Waals surface area contributed by atoms with Crippen LogP contribution >= 0.6 is 11.6 Å². The summed E-state index contributed by atoms with van der Waals surface area (Å²) in [4.78, 5) is 4.51. The Morgan fingerprint density at radius 2 is 2.14 bits per heavy atom. The summed E-state index contributed by atoms with van der Waals surface area (Å²) in [5.74, 6) is 0.655. The Kier molecular flexibility index (Phi) is 4.42. The average molecular weight is 303 g/mol. The second-order valence-corrected chi connectivity index (χ2v) is 5.90. The third-order valence-corrected chi connectivity index (χ3v) is 3.84. The molecule has 1 fully saturated rings. The average Bonchev–Trinajstić information content (AvgIpc) is 3.28. The van der Waals surface area contributed by atoms with Gasteiger partial charge in [-0.05, 0) is 43.0 Å². The maximum absolute atomic E-state index is 5.96. The van der Waals surface area contributed by atoms with Gasteiger partial charge in [0.05, 0.1) is 0 Å². The smallest absolute Gasteiger partial charge is 0.213 e. The van der Waals surface area contributed by atoms with Crippen molar-refractivity contribution in [3.8, 4) is 5.88 Å². The van der Waals surface area contributed by atoms with Crippen LogP contribution < -0.4 is 10.1 Å². The van der Waals surface area contributed by atoms with Crippen molar-refractivity contribution in [2.24, 2.45) is 0 Å². The second kappa shape index (κ2) is 6.46. The highest BCUT2D eigenvalue weighted by molar-refractivity contribution is 6.30. The molecule has 1 aromatic carbocycles. The first-order chi connectivity index (χ1) is 10.2. The van der Waals surface area contributed by atoms with E-state index in [2.05, 4.69) is 16.4 Å². The number of rotatable bonds is 6. The predicted octanol–water partition coefficient (Wildman–Crippen LogP) is 3.87.